The summed E-state index contributed by atoms with van der Waals surface area (Å²) in [5.41, 5.74) is 0.803. The SMILES string of the molecule is C=CC1CN(Cc2ccc(OC)cc2)c2nc(NC(=O)C(C)(C)C)[nH]c(=O)c21. The highest BCUT2D eigenvalue weighted by Gasteiger charge is 2.32. The highest BCUT2D eigenvalue weighted by molar-refractivity contribution is 5.93. The Labute approximate surface area is 164 Å². The van der Waals surface area contributed by atoms with Crippen LogP contribution < -0.4 is 20.5 Å². The Kier molecular flexibility index (Phi) is 5.27. The lowest BCUT2D eigenvalue weighted by molar-refractivity contribution is -0.123. The molecule has 1 aliphatic heterocycles. The van der Waals surface area contributed by atoms with Gasteiger partial charge in [-0.1, -0.05) is 39.0 Å². The van der Waals surface area contributed by atoms with Gasteiger partial charge in [0.15, 0.2) is 0 Å². The largest absolute Gasteiger partial charge is 0.497 e. The molecule has 0 saturated carbocycles. The molecule has 1 aliphatic rings. The van der Waals surface area contributed by atoms with Gasteiger partial charge in [-0.2, -0.15) is 4.98 Å². The maximum Gasteiger partial charge on any atom is 0.258 e. The van der Waals surface area contributed by atoms with Crippen LogP contribution in [0, 0.1) is 5.41 Å². The Balaban J connectivity index is 1.93. The lowest BCUT2D eigenvalue weighted by Gasteiger charge is -2.20. The molecule has 1 unspecified atom stereocenters. The summed E-state index contributed by atoms with van der Waals surface area (Å²) in [5.74, 6) is 1.20. The molecule has 1 aromatic heterocycles. The predicted octanol–water partition coefficient (Wildman–Crippen LogP) is 3.05. The van der Waals surface area contributed by atoms with Crippen LogP contribution in [0.5, 0.6) is 5.75 Å². The molecule has 2 aromatic rings. The second-order valence-electron chi connectivity index (χ2n) is 7.93. The number of nitrogens with one attached hydrogen (secondary N) is 2. The topological polar surface area (TPSA) is 87.3 Å². The second-order valence-corrected chi connectivity index (χ2v) is 7.93. The number of rotatable bonds is 5. The Morgan fingerprint density at radius 1 is 1.39 bits per heavy atom. The molecular weight excluding hydrogens is 356 g/mol. The molecule has 7 nitrogen and oxygen atoms in total. The van der Waals surface area contributed by atoms with Gasteiger partial charge in [0.1, 0.15) is 11.6 Å². The van der Waals surface area contributed by atoms with Crippen LogP contribution in [0.4, 0.5) is 11.8 Å². The van der Waals surface area contributed by atoms with Crippen molar-refractivity contribution in [1.82, 2.24) is 9.97 Å². The monoisotopic (exact) mass is 382 g/mol. The third-order valence-electron chi connectivity index (χ3n) is 4.75. The zero-order chi connectivity index (χ0) is 20.5. The molecule has 2 heterocycles. The molecule has 1 amide bonds. The van der Waals surface area contributed by atoms with E-state index in [9.17, 15) is 9.59 Å². The molecule has 0 bridgehead atoms. The summed E-state index contributed by atoms with van der Waals surface area (Å²) in [5, 5.41) is 2.71. The molecule has 2 N–H and O–H groups in total. The molecule has 0 radical (unpaired) electrons. The van der Waals surface area contributed by atoms with Crippen molar-refractivity contribution in [2.45, 2.75) is 33.2 Å². The van der Waals surface area contributed by atoms with Gasteiger partial charge in [-0.25, -0.2) is 0 Å². The second kappa shape index (κ2) is 7.50. The zero-order valence-corrected chi connectivity index (χ0v) is 16.7. The normalized spacial score (nSPS) is 15.9. The number of amides is 1. The summed E-state index contributed by atoms with van der Waals surface area (Å²) in [7, 11) is 1.63. The van der Waals surface area contributed by atoms with Crippen LogP contribution in [0.2, 0.25) is 0 Å². The number of anilines is 2. The molecule has 148 valence electrons. The van der Waals surface area contributed by atoms with E-state index in [0.717, 1.165) is 11.3 Å². The molecule has 3 rings (SSSR count). The van der Waals surface area contributed by atoms with Gasteiger partial charge in [0, 0.05) is 24.4 Å². The summed E-state index contributed by atoms with van der Waals surface area (Å²) >= 11 is 0. The highest BCUT2D eigenvalue weighted by atomic mass is 16.5. The number of hydrogen-bond acceptors (Lipinski definition) is 5. The summed E-state index contributed by atoms with van der Waals surface area (Å²) in [6.07, 6.45) is 1.76. The lowest BCUT2D eigenvalue weighted by Crippen LogP contribution is -2.30. The van der Waals surface area contributed by atoms with Gasteiger partial charge in [0.05, 0.1) is 12.7 Å². The van der Waals surface area contributed by atoms with Gasteiger partial charge in [-0.05, 0) is 17.7 Å². The van der Waals surface area contributed by atoms with E-state index >= 15 is 0 Å². The van der Waals surface area contributed by atoms with Crippen LogP contribution in [-0.2, 0) is 11.3 Å². The average Bonchev–Trinajstić information content (AvgIpc) is 2.99. The number of carbonyl (C=O) groups is 1. The van der Waals surface area contributed by atoms with Crippen LogP contribution in [0.25, 0.3) is 0 Å². The number of methoxy groups -OCH3 is 1. The first-order chi connectivity index (χ1) is 13.2. The number of carbonyl (C=O) groups excluding carboxylic acids is 1. The van der Waals surface area contributed by atoms with E-state index in [4.69, 9.17) is 4.74 Å². The maximum atomic E-state index is 12.7. The molecule has 1 atom stereocenters. The van der Waals surface area contributed by atoms with Crippen molar-refractivity contribution >= 4 is 17.7 Å². The number of aromatic amines is 1. The fourth-order valence-electron chi connectivity index (χ4n) is 3.10. The summed E-state index contributed by atoms with van der Waals surface area (Å²) in [4.78, 5) is 34.2. The molecule has 1 aromatic carbocycles. The van der Waals surface area contributed by atoms with E-state index < -0.39 is 5.41 Å². The zero-order valence-electron chi connectivity index (χ0n) is 16.7. The average molecular weight is 382 g/mol. The van der Waals surface area contributed by atoms with Crippen molar-refractivity contribution in [3.63, 3.8) is 0 Å². The van der Waals surface area contributed by atoms with E-state index in [1.807, 2.05) is 29.2 Å². The standard InChI is InChI=1S/C21H26N4O3/c1-6-14-12-25(11-13-7-9-15(28-5)10-8-13)17-16(14)18(26)23-20(22-17)24-19(27)21(2,3)4/h6-10,14H,1,11-12H2,2-5H3,(H2,22,23,24,26,27). The van der Waals surface area contributed by atoms with Crippen LogP contribution in [0.15, 0.2) is 41.7 Å². The highest BCUT2D eigenvalue weighted by Crippen LogP contribution is 2.34. The van der Waals surface area contributed by atoms with Crippen LogP contribution in [-0.4, -0.2) is 29.5 Å². The van der Waals surface area contributed by atoms with Gasteiger partial charge in [0.2, 0.25) is 11.9 Å². The number of benzene rings is 1. The lowest BCUT2D eigenvalue weighted by atomic mass is 9.96. The van der Waals surface area contributed by atoms with Crippen molar-refractivity contribution in [3.05, 3.63) is 58.4 Å². The molecular formula is C21H26N4O3. The number of aromatic nitrogens is 2. The first-order valence-corrected chi connectivity index (χ1v) is 9.19. The molecule has 0 saturated heterocycles. The minimum absolute atomic E-state index is 0.114. The minimum atomic E-state index is -0.593. The van der Waals surface area contributed by atoms with E-state index in [2.05, 4.69) is 21.9 Å². The molecule has 0 aliphatic carbocycles. The van der Waals surface area contributed by atoms with Crippen molar-refractivity contribution in [2.24, 2.45) is 5.41 Å². The number of fused-ring (bicyclic) bond motifs is 1. The van der Waals surface area contributed by atoms with E-state index in [-0.39, 0.29) is 23.3 Å². The molecule has 0 fully saturated rings. The fourth-order valence-corrected chi connectivity index (χ4v) is 3.10. The van der Waals surface area contributed by atoms with Gasteiger partial charge in [-0.3, -0.25) is 19.9 Å². The van der Waals surface area contributed by atoms with Crippen molar-refractivity contribution < 1.29 is 9.53 Å². The smallest absolute Gasteiger partial charge is 0.258 e. The first-order valence-electron chi connectivity index (χ1n) is 9.19. The summed E-state index contributed by atoms with van der Waals surface area (Å²) in [6.45, 7) is 10.5. The number of ether oxygens (including phenoxy) is 1. The number of hydrogen-bond donors (Lipinski definition) is 2. The third-order valence-corrected chi connectivity index (χ3v) is 4.75. The quantitative estimate of drug-likeness (QED) is 0.776. The summed E-state index contributed by atoms with van der Waals surface area (Å²) < 4.78 is 5.20. The number of nitrogens with zero attached hydrogens (tertiary/aromatic N) is 2. The van der Waals surface area contributed by atoms with Gasteiger partial charge < -0.3 is 9.64 Å². The maximum absolute atomic E-state index is 12.7. The molecule has 7 heteroatoms. The van der Waals surface area contributed by atoms with Gasteiger partial charge >= 0.3 is 0 Å². The Morgan fingerprint density at radius 2 is 2.07 bits per heavy atom. The van der Waals surface area contributed by atoms with Gasteiger partial charge in [-0.15, -0.1) is 6.58 Å². The van der Waals surface area contributed by atoms with Crippen molar-refractivity contribution in [2.75, 3.05) is 23.9 Å². The third kappa shape index (κ3) is 3.93. The Bertz CT molecular complexity index is 942. The van der Waals surface area contributed by atoms with Crippen LogP contribution in [0.1, 0.15) is 37.8 Å². The van der Waals surface area contributed by atoms with Crippen LogP contribution in [0.3, 0.4) is 0 Å². The fraction of sp³-hybridized carbons (Fsp3) is 0.381. The van der Waals surface area contributed by atoms with E-state index in [1.54, 1.807) is 34.0 Å². The minimum Gasteiger partial charge on any atom is -0.497 e. The van der Waals surface area contributed by atoms with Crippen molar-refractivity contribution in [3.8, 4) is 5.75 Å². The van der Waals surface area contributed by atoms with E-state index in [1.165, 1.54) is 0 Å². The predicted molar refractivity (Wildman–Crippen MR) is 110 cm³/mol. The number of H-pyrrole nitrogens is 1. The van der Waals surface area contributed by atoms with E-state index in [0.29, 0.717) is 24.5 Å². The first kappa shape index (κ1) is 19.7. The molecule has 0 spiro atoms. The van der Waals surface area contributed by atoms with Crippen molar-refractivity contribution in [1.29, 1.82) is 0 Å². The summed E-state index contributed by atoms with van der Waals surface area (Å²) in [6, 6.07) is 7.76. The van der Waals surface area contributed by atoms with Crippen LogP contribution >= 0.6 is 0 Å². The molecule has 28 heavy (non-hydrogen) atoms. The van der Waals surface area contributed by atoms with Gasteiger partial charge in [0.25, 0.3) is 5.56 Å². The Hall–Kier alpha value is -3.09. The Morgan fingerprint density at radius 3 is 2.64 bits per heavy atom.